The molecule has 1 aliphatic rings. The molecule has 1 aliphatic heterocycles. The minimum atomic E-state index is -0.645. The smallest absolute Gasteiger partial charge is 0.258 e. The van der Waals surface area contributed by atoms with Gasteiger partial charge in [0.25, 0.3) is 5.91 Å². The summed E-state index contributed by atoms with van der Waals surface area (Å²) in [4.78, 5) is 44.0. The van der Waals surface area contributed by atoms with Gasteiger partial charge in [0.1, 0.15) is 6.04 Å². The average Bonchev–Trinajstić information content (AvgIpc) is 3.26. The van der Waals surface area contributed by atoms with Gasteiger partial charge in [-0.1, -0.05) is 91.9 Å². The molecule has 0 saturated heterocycles. The van der Waals surface area contributed by atoms with Crippen LogP contribution in [0, 0.1) is 0 Å². The topological polar surface area (TPSA) is 69.7 Å². The van der Waals surface area contributed by atoms with Crippen LogP contribution in [0.3, 0.4) is 0 Å². The van der Waals surface area contributed by atoms with Gasteiger partial charge in [0.2, 0.25) is 11.8 Å². The Labute approximate surface area is 235 Å². The standard InChI is InChI=1S/C34H35N3O3/c1-2-21-35-33(39)30(23-25-12-5-3-6-13-25)37(24-26-14-7-4-8-15-26)31(38)20-11-22-36-29-19-10-17-27-16-9-18-28(32(27)29)34(36)40/h3-10,12-19,30H,2,11,20-24H2,1H3,(H,35,39). The summed E-state index contributed by atoms with van der Waals surface area (Å²) in [6, 6.07) is 30.7. The van der Waals surface area contributed by atoms with Gasteiger partial charge in [0, 0.05) is 43.4 Å². The molecule has 40 heavy (non-hydrogen) atoms. The van der Waals surface area contributed by atoms with Gasteiger partial charge < -0.3 is 15.1 Å². The fourth-order valence-electron chi connectivity index (χ4n) is 5.43. The molecule has 0 aromatic heterocycles. The molecule has 0 spiro atoms. The maximum absolute atomic E-state index is 13.9. The van der Waals surface area contributed by atoms with Crippen molar-refractivity contribution in [3.8, 4) is 0 Å². The van der Waals surface area contributed by atoms with Gasteiger partial charge in [-0.3, -0.25) is 14.4 Å². The number of carbonyl (C=O) groups is 3. The van der Waals surface area contributed by atoms with Crippen LogP contribution in [0.15, 0.2) is 97.1 Å². The van der Waals surface area contributed by atoms with E-state index in [-0.39, 0.29) is 24.1 Å². The first-order valence-corrected chi connectivity index (χ1v) is 14.1. The summed E-state index contributed by atoms with van der Waals surface area (Å²) < 4.78 is 0. The second-order valence-electron chi connectivity index (χ2n) is 10.2. The predicted octanol–water partition coefficient (Wildman–Crippen LogP) is 5.75. The highest BCUT2D eigenvalue weighted by Gasteiger charge is 2.32. The van der Waals surface area contributed by atoms with E-state index in [0.29, 0.717) is 38.0 Å². The van der Waals surface area contributed by atoms with Crippen LogP contribution in [0.5, 0.6) is 0 Å². The Hall–Kier alpha value is -4.45. The maximum atomic E-state index is 13.9. The van der Waals surface area contributed by atoms with Crippen LogP contribution in [0.2, 0.25) is 0 Å². The fraction of sp³-hybridized carbons (Fsp3) is 0.265. The molecule has 6 heteroatoms. The van der Waals surface area contributed by atoms with E-state index in [4.69, 9.17) is 0 Å². The minimum absolute atomic E-state index is 0.0266. The summed E-state index contributed by atoms with van der Waals surface area (Å²) in [6.45, 7) is 3.34. The minimum Gasteiger partial charge on any atom is -0.354 e. The number of rotatable bonds is 12. The highest BCUT2D eigenvalue weighted by Crippen LogP contribution is 2.37. The number of hydrogen-bond acceptors (Lipinski definition) is 3. The molecule has 6 nitrogen and oxygen atoms in total. The molecule has 1 N–H and O–H groups in total. The summed E-state index contributed by atoms with van der Waals surface area (Å²) >= 11 is 0. The Morgan fingerprint density at radius 2 is 1.52 bits per heavy atom. The predicted molar refractivity (Wildman–Crippen MR) is 159 cm³/mol. The lowest BCUT2D eigenvalue weighted by Gasteiger charge is -2.32. The molecule has 4 aromatic carbocycles. The zero-order chi connectivity index (χ0) is 27.9. The Morgan fingerprint density at radius 1 is 0.850 bits per heavy atom. The SMILES string of the molecule is CCCNC(=O)C(Cc1ccccc1)N(Cc1ccccc1)C(=O)CCCN1C(=O)c2cccc3cccc1c23. The van der Waals surface area contributed by atoms with Gasteiger partial charge in [-0.25, -0.2) is 0 Å². The van der Waals surface area contributed by atoms with Crippen molar-refractivity contribution in [3.05, 3.63) is 114 Å². The molecular weight excluding hydrogens is 498 g/mol. The molecule has 4 aromatic rings. The summed E-state index contributed by atoms with van der Waals surface area (Å²) in [7, 11) is 0. The highest BCUT2D eigenvalue weighted by atomic mass is 16.2. The monoisotopic (exact) mass is 533 g/mol. The fourth-order valence-corrected chi connectivity index (χ4v) is 5.43. The first kappa shape index (κ1) is 27.1. The number of amides is 3. The number of carbonyl (C=O) groups excluding carboxylic acids is 3. The lowest BCUT2D eigenvalue weighted by atomic mass is 10.0. The molecule has 0 radical (unpaired) electrons. The van der Waals surface area contributed by atoms with E-state index in [2.05, 4.69) is 5.32 Å². The average molecular weight is 534 g/mol. The molecule has 0 saturated carbocycles. The Morgan fingerprint density at radius 3 is 2.23 bits per heavy atom. The second-order valence-corrected chi connectivity index (χ2v) is 10.2. The van der Waals surface area contributed by atoms with E-state index in [1.54, 1.807) is 9.80 Å². The maximum Gasteiger partial charge on any atom is 0.258 e. The van der Waals surface area contributed by atoms with Crippen LogP contribution >= 0.6 is 0 Å². The van der Waals surface area contributed by atoms with Crippen molar-refractivity contribution in [1.29, 1.82) is 0 Å². The van der Waals surface area contributed by atoms with Gasteiger partial charge in [0.05, 0.1) is 5.69 Å². The van der Waals surface area contributed by atoms with Gasteiger partial charge in [-0.15, -0.1) is 0 Å². The molecular formula is C34H35N3O3. The van der Waals surface area contributed by atoms with Crippen molar-refractivity contribution >= 4 is 34.2 Å². The van der Waals surface area contributed by atoms with E-state index in [1.165, 1.54) is 0 Å². The quantitative estimate of drug-likeness (QED) is 0.252. The van der Waals surface area contributed by atoms with E-state index in [1.807, 2.05) is 104 Å². The van der Waals surface area contributed by atoms with E-state index in [9.17, 15) is 14.4 Å². The lowest BCUT2D eigenvalue weighted by Crippen LogP contribution is -2.50. The van der Waals surface area contributed by atoms with Crippen molar-refractivity contribution in [2.45, 2.75) is 45.2 Å². The molecule has 5 rings (SSSR count). The van der Waals surface area contributed by atoms with Gasteiger partial charge in [0.15, 0.2) is 0 Å². The summed E-state index contributed by atoms with van der Waals surface area (Å²) in [5.41, 5.74) is 3.57. The number of benzene rings is 4. The molecule has 1 unspecified atom stereocenters. The van der Waals surface area contributed by atoms with Crippen LogP contribution in [0.25, 0.3) is 10.8 Å². The molecule has 3 amide bonds. The van der Waals surface area contributed by atoms with Crippen LogP contribution in [0.4, 0.5) is 5.69 Å². The molecule has 0 bridgehead atoms. The van der Waals surface area contributed by atoms with Crippen molar-refractivity contribution in [3.63, 3.8) is 0 Å². The third kappa shape index (κ3) is 5.91. The summed E-state index contributed by atoms with van der Waals surface area (Å²) in [6.07, 6.45) is 1.97. The first-order chi connectivity index (χ1) is 19.6. The largest absolute Gasteiger partial charge is 0.354 e. The molecule has 0 aliphatic carbocycles. The van der Waals surface area contributed by atoms with Crippen molar-refractivity contribution in [2.75, 3.05) is 18.0 Å². The summed E-state index contributed by atoms with van der Waals surface area (Å²) in [5.74, 6) is -0.271. The number of anilines is 1. The van der Waals surface area contributed by atoms with E-state index in [0.717, 1.165) is 34.0 Å². The van der Waals surface area contributed by atoms with Gasteiger partial charge in [-0.05, 0) is 41.5 Å². The third-order valence-electron chi connectivity index (χ3n) is 7.44. The van der Waals surface area contributed by atoms with E-state index < -0.39 is 6.04 Å². The van der Waals surface area contributed by atoms with E-state index >= 15 is 0 Å². The van der Waals surface area contributed by atoms with Crippen molar-refractivity contribution in [1.82, 2.24) is 10.2 Å². The lowest BCUT2D eigenvalue weighted by molar-refractivity contribution is -0.141. The second kappa shape index (κ2) is 12.6. The Kier molecular flexibility index (Phi) is 8.55. The Balaban J connectivity index is 1.35. The molecule has 0 fully saturated rings. The number of hydrogen-bond donors (Lipinski definition) is 1. The highest BCUT2D eigenvalue weighted by molar-refractivity contribution is 6.25. The van der Waals surface area contributed by atoms with Crippen LogP contribution < -0.4 is 10.2 Å². The molecule has 1 heterocycles. The number of nitrogens with zero attached hydrogens (tertiary/aromatic N) is 2. The van der Waals surface area contributed by atoms with Crippen LogP contribution in [0.1, 0.15) is 47.7 Å². The zero-order valence-corrected chi connectivity index (χ0v) is 22.9. The summed E-state index contributed by atoms with van der Waals surface area (Å²) in [5, 5.41) is 5.03. The molecule has 1 atom stereocenters. The third-order valence-corrected chi connectivity index (χ3v) is 7.44. The van der Waals surface area contributed by atoms with Crippen molar-refractivity contribution < 1.29 is 14.4 Å². The first-order valence-electron chi connectivity index (χ1n) is 14.1. The number of nitrogens with one attached hydrogen (secondary N) is 1. The van der Waals surface area contributed by atoms with Gasteiger partial charge >= 0.3 is 0 Å². The van der Waals surface area contributed by atoms with Crippen LogP contribution in [-0.4, -0.2) is 41.8 Å². The van der Waals surface area contributed by atoms with Crippen molar-refractivity contribution in [2.24, 2.45) is 0 Å². The van der Waals surface area contributed by atoms with Gasteiger partial charge in [-0.2, -0.15) is 0 Å². The molecule has 204 valence electrons. The van der Waals surface area contributed by atoms with Crippen LogP contribution in [-0.2, 0) is 22.6 Å². The normalized spacial score (nSPS) is 12.9. The zero-order valence-electron chi connectivity index (χ0n) is 22.9. The Bertz CT molecular complexity index is 1480.